The van der Waals surface area contributed by atoms with Crippen LogP contribution in [0.1, 0.15) is 18.4 Å². The van der Waals surface area contributed by atoms with Gasteiger partial charge >= 0.3 is 0 Å². The molecule has 22 heavy (non-hydrogen) atoms. The number of benzene rings is 1. The van der Waals surface area contributed by atoms with Crippen LogP contribution in [0.25, 0.3) is 0 Å². The summed E-state index contributed by atoms with van der Waals surface area (Å²) < 4.78 is 29.9. The number of amides is 1. The number of carbonyl (C=O) groups excluding carboxylic acids is 1. The zero-order valence-corrected chi connectivity index (χ0v) is 13.7. The van der Waals surface area contributed by atoms with Gasteiger partial charge in [-0.3, -0.25) is 4.79 Å². The van der Waals surface area contributed by atoms with E-state index in [1.165, 1.54) is 4.31 Å². The summed E-state index contributed by atoms with van der Waals surface area (Å²) in [7, 11) is -1.81. The van der Waals surface area contributed by atoms with Gasteiger partial charge in [-0.25, -0.2) is 8.42 Å². The highest BCUT2D eigenvalue weighted by molar-refractivity contribution is 7.88. The molecule has 1 fully saturated rings. The Labute approximate surface area is 131 Å². The lowest BCUT2D eigenvalue weighted by Crippen LogP contribution is -2.41. The third kappa shape index (κ3) is 5.31. The molecule has 1 saturated carbocycles. The van der Waals surface area contributed by atoms with Crippen molar-refractivity contribution in [3.63, 3.8) is 0 Å². The van der Waals surface area contributed by atoms with Gasteiger partial charge in [0.1, 0.15) is 5.75 Å². The van der Waals surface area contributed by atoms with E-state index in [4.69, 9.17) is 4.74 Å². The molecule has 1 aromatic carbocycles. The van der Waals surface area contributed by atoms with Gasteiger partial charge in [0.05, 0.1) is 19.9 Å². The number of nitrogens with one attached hydrogen (secondary N) is 1. The fraction of sp³-hybridized carbons (Fsp3) is 0.533. The van der Waals surface area contributed by atoms with Gasteiger partial charge in [-0.05, 0) is 37.0 Å². The third-order valence-electron chi connectivity index (χ3n) is 3.54. The lowest BCUT2D eigenvalue weighted by molar-refractivity contribution is -0.121. The number of hydrogen-bond donors (Lipinski definition) is 1. The van der Waals surface area contributed by atoms with Crippen LogP contribution in [-0.4, -0.2) is 51.1 Å². The van der Waals surface area contributed by atoms with E-state index in [1.807, 2.05) is 24.3 Å². The molecule has 0 aliphatic heterocycles. The van der Waals surface area contributed by atoms with Crippen LogP contribution in [0.5, 0.6) is 5.75 Å². The van der Waals surface area contributed by atoms with Gasteiger partial charge in [0, 0.05) is 12.6 Å². The van der Waals surface area contributed by atoms with Gasteiger partial charge in [0.2, 0.25) is 15.9 Å². The molecule has 1 amide bonds. The molecule has 1 N–H and O–H groups in total. The number of carbonyl (C=O) groups is 1. The van der Waals surface area contributed by atoms with E-state index in [-0.39, 0.29) is 25.0 Å². The van der Waals surface area contributed by atoms with Gasteiger partial charge in [0.25, 0.3) is 0 Å². The summed E-state index contributed by atoms with van der Waals surface area (Å²) >= 11 is 0. The first-order chi connectivity index (χ1) is 10.4. The normalized spacial score (nSPS) is 14.9. The Morgan fingerprint density at radius 3 is 2.45 bits per heavy atom. The first-order valence-electron chi connectivity index (χ1n) is 7.26. The molecule has 0 unspecified atom stereocenters. The average molecular weight is 326 g/mol. The molecule has 6 nitrogen and oxygen atoms in total. The molecule has 0 bridgehead atoms. The summed E-state index contributed by atoms with van der Waals surface area (Å²) in [6.07, 6.45) is 3.64. The molecular weight excluding hydrogens is 304 g/mol. The summed E-state index contributed by atoms with van der Waals surface area (Å²) in [5, 5.41) is 2.81. The molecule has 122 valence electrons. The Morgan fingerprint density at radius 1 is 1.32 bits per heavy atom. The summed E-state index contributed by atoms with van der Waals surface area (Å²) in [5.74, 6) is 0.523. The van der Waals surface area contributed by atoms with Crippen molar-refractivity contribution >= 4 is 15.9 Å². The smallest absolute Gasteiger partial charge is 0.235 e. The molecule has 7 heteroatoms. The largest absolute Gasteiger partial charge is 0.497 e. The lowest BCUT2D eigenvalue weighted by atomic mass is 10.1. The molecule has 0 aromatic heterocycles. The number of sulfonamides is 1. The van der Waals surface area contributed by atoms with Crippen molar-refractivity contribution in [3.05, 3.63) is 29.8 Å². The fourth-order valence-corrected chi connectivity index (χ4v) is 2.84. The zero-order chi connectivity index (χ0) is 16.2. The quantitative estimate of drug-likeness (QED) is 0.766. The highest BCUT2D eigenvalue weighted by atomic mass is 32.2. The maximum atomic E-state index is 11.8. The molecule has 0 saturated heterocycles. The molecule has 1 aliphatic carbocycles. The van der Waals surface area contributed by atoms with Crippen LogP contribution in [0.2, 0.25) is 0 Å². The minimum Gasteiger partial charge on any atom is -0.497 e. The van der Waals surface area contributed by atoms with Crippen molar-refractivity contribution in [2.45, 2.75) is 25.3 Å². The van der Waals surface area contributed by atoms with Crippen LogP contribution < -0.4 is 10.1 Å². The van der Waals surface area contributed by atoms with E-state index in [2.05, 4.69) is 5.32 Å². The molecule has 2 rings (SSSR count). The summed E-state index contributed by atoms with van der Waals surface area (Å²) in [6.45, 7) is 0.161. The summed E-state index contributed by atoms with van der Waals surface area (Å²) in [5.41, 5.74) is 0.997. The van der Waals surface area contributed by atoms with Crippen molar-refractivity contribution in [3.8, 4) is 5.75 Å². The first kappa shape index (κ1) is 16.8. The summed E-state index contributed by atoms with van der Waals surface area (Å²) in [6, 6.07) is 7.68. The SMILES string of the molecule is COc1ccc(CCN(CC(=O)NC2CC2)S(C)(=O)=O)cc1. The van der Waals surface area contributed by atoms with E-state index >= 15 is 0 Å². The van der Waals surface area contributed by atoms with Gasteiger partial charge in [-0.1, -0.05) is 12.1 Å². The predicted molar refractivity (Wildman–Crippen MR) is 84.3 cm³/mol. The minimum atomic E-state index is -3.41. The van der Waals surface area contributed by atoms with E-state index in [0.717, 1.165) is 30.4 Å². The Kier molecular flexibility index (Phi) is 5.42. The first-order valence-corrected chi connectivity index (χ1v) is 9.11. The van der Waals surface area contributed by atoms with Crippen molar-refractivity contribution in [1.82, 2.24) is 9.62 Å². The van der Waals surface area contributed by atoms with E-state index in [9.17, 15) is 13.2 Å². The second kappa shape index (κ2) is 7.11. The van der Waals surface area contributed by atoms with Gasteiger partial charge < -0.3 is 10.1 Å². The minimum absolute atomic E-state index is 0.120. The molecule has 0 radical (unpaired) electrons. The monoisotopic (exact) mass is 326 g/mol. The van der Waals surface area contributed by atoms with Gasteiger partial charge in [0.15, 0.2) is 0 Å². The second-order valence-corrected chi connectivity index (χ2v) is 7.52. The van der Waals surface area contributed by atoms with Crippen LogP contribution in [0.3, 0.4) is 0 Å². The number of rotatable bonds is 8. The molecule has 0 atom stereocenters. The Balaban J connectivity index is 1.92. The Bertz CT molecular complexity index is 609. The number of hydrogen-bond acceptors (Lipinski definition) is 4. The van der Waals surface area contributed by atoms with Gasteiger partial charge in [-0.2, -0.15) is 4.31 Å². The van der Waals surface area contributed by atoms with E-state index in [1.54, 1.807) is 7.11 Å². The lowest BCUT2D eigenvalue weighted by Gasteiger charge is -2.19. The maximum Gasteiger partial charge on any atom is 0.235 e. The Morgan fingerprint density at radius 2 is 1.95 bits per heavy atom. The van der Waals surface area contributed by atoms with Crippen molar-refractivity contribution in [2.24, 2.45) is 0 Å². The second-order valence-electron chi connectivity index (χ2n) is 5.54. The fourth-order valence-electron chi connectivity index (χ4n) is 2.07. The molecule has 0 heterocycles. The van der Waals surface area contributed by atoms with Crippen molar-refractivity contribution < 1.29 is 17.9 Å². The third-order valence-corrected chi connectivity index (χ3v) is 4.79. The highest BCUT2D eigenvalue weighted by Gasteiger charge is 2.26. The van der Waals surface area contributed by atoms with Crippen LogP contribution in [0.4, 0.5) is 0 Å². The van der Waals surface area contributed by atoms with Crippen LogP contribution in [-0.2, 0) is 21.2 Å². The van der Waals surface area contributed by atoms with E-state index in [0.29, 0.717) is 6.42 Å². The number of nitrogens with zero attached hydrogens (tertiary/aromatic N) is 1. The zero-order valence-electron chi connectivity index (χ0n) is 12.9. The standard InChI is InChI=1S/C15H22N2O4S/c1-21-14-7-3-12(4-8-14)9-10-17(22(2,19)20)11-15(18)16-13-5-6-13/h3-4,7-8,13H,5-6,9-11H2,1-2H3,(H,16,18). The van der Waals surface area contributed by atoms with Crippen LogP contribution >= 0.6 is 0 Å². The van der Waals surface area contributed by atoms with Gasteiger partial charge in [-0.15, -0.1) is 0 Å². The predicted octanol–water partition coefficient (Wildman–Crippen LogP) is 0.778. The maximum absolute atomic E-state index is 11.8. The summed E-state index contributed by atoms with van der Waals surface area (Å²) in [4.78, 5) is 11.8. The van der Waals surface area contributed by atoms with Crippen LogP contribution in [0.15, 0.2) is 24.3 Å². The number of ether oxygens (including phenoxy) is 1. The van der Waals surface area contributed by atoms with Crippen molar-refractivity contribution in [2.75, 3.05) is 26.5 Å². The van der Waals surface area contributed by atoms with E-state index < -0.39 is 10.0 Å². The molecule has 1 aliphatic rings. The Hall–Kier alpha value is -1.60. The molecule has 0 spiro atoms. The number of methoxy groups -OCH3 is 1. The highest BCUT2D eigenvalue weighted by Crippen LogP contribution is 2.18. The van der Waals surface area contributed by atoms with Crippen LogP contribution in [0, 0.1) is 0 Å². The average Bonchev–Trinajstić information content (AvgIpc) is 3.26. The molecule has 1 aromatic rings. The van der Waals surface area contributed by atoms with Crippen molar-refractivity contribution in [1.29, 1.82) is 0 Å². The molecular formula is C15H22N2O4S. The topological polar surface area (TPSA) is 75.7 Å².